The minimum atomic E-state index is -0.584. The van der Waals surface area contributed by atoms with Gasteiger partial charge in [-0.25, -0.2) is 9.79 Å². The number of amidine groups is 1. The molecule has 0 aromatic heterocycles. The second-order valence-electron chi connectivity index (χ2n) is 5.96. The fraction of sp³-hybridized carbons (Fsp3) is 0.333. The number of thioether (sulfide) groups is 1. The van der Waals surface area contributed by atoms with E-state index < -0.39 is 5.97 Å². The molecule has 1 amide bonds. The van der Waals surface area contributed by atoms with Crippen molar-refractivity contribution in [2.45, 2.75) is 6.42 Å². The molecule has 0 atom stereocenters. The summed E-state index contributed by atoms with van der Waals surface area (Å²) >= 11 is 1.07. The van der Waals surface area contributed by atoms with Crippen molar-refractivity contribution < 1.29 is 19.1 Å². The van der Waals surface area contributed by atoms with Crippen LogP contribution in [0.4, 0.5) is 0 Å². The van der Waals surface area contributed by atoms with Gasteiger partial charge in [0.2, 0.25) is 5.96 Å². The van der Waals surface area contributed by atoms with Gasteiger partial charge in [-0.3, -0.25) is 9.69 Å². The highest BCUT2D eigenvalue weighted by atomic mass is 32.2. The molecule has 0 aliphatic carbocycles. The number of aliphatic imine (C=N–C) groups is 2. The van der Waals surface area contributed by atoms with E-state index in [0.29, 0.717) is 24.5 Å². The topological polar surface area (TPSA) is 105 Å². The third-order valence-electron chi connectivity index (χ3n) is 4.07. The molecule has 1 fully saturated rings. The number of carbonyl (C=O) groups is 2. The maximum Gasteiger partial charge on any atom is 0.331 e. The molecule has 2 aliphatic rings. The summed E-state index contributed by atoms with van der Waals surface area (Å²) in [5, 5.41) is 6.10. The normalized spacial score (nSPS) is 19.9. The zero-order valence-electron chi connectivity index (χ0n) is 15.6. The molecule has 28 heavy (non-hydrogen) atoms. The average Bonchev–Trinajstić information content (AvgIpc) is 3.06. The first kappa shape index (κ1) is 19.9. The smallest absolute Gasteiger partial charge is 0.331 e. The highest BCUT2D eigenvalue weighted by Gasteiger charge is 2.25. The summed E-state index contributed by atoms with van der Waals surface area (Å²) in [5.41, 5.74) is 1.23. The van der Waals surface area contributed by atoms with Crippen LogP contribution in [0.25, 0.3) is 0 Å². The molecule has 1 saturated heterocycles. The van der Waals surface area contributed by atoms with Crippen LogP contribution in [0.3, 0.4) is 0 Å². The van der Waals surface area contributed by atoms with E-state index in [2.05, 4.69) is 42.4 Å². The first-order valence-corrected chi connectivity index (χ1v) is 9.40. The van der Waals surface area contributed by atoms with Crippen LogP contribution in [0.5, 0.6) is 5.75 Å². The quantitative estimate of drug-likeness (QED) is 0.551. The number of nitrogens with zero attached hydrogens (tertiary/aromatic N) is 3. The highest BCUT2D eigenvalue weighted by molar-refractivity contribution is 8.18. The van der Waals surface area contributed by atoms with Crippen molar-refractivity contribution in [3.8, 4) is 5.75 Å². The number of esters is 1. The first-order chi connectivity index (χ1) is 13.6. The molecule has 0 saturated carbocycles. The van der Waals surface area contributed by atoms with Crippen molar-refractivity contribution in [1.82, 2.24) is 15.5 Å². The molecular formula is C18H21N5O4S. The third-order valence-corrected chi connectivity index (χ3v) is 4.98. The van der Waals surface area contributed by atoms with Crippen molar-refractivity contribution in [2.24, 2.45) is 9.98 Å². The number of rotatable bonds is 5. The number of methoxy groups -OCH3 is 2. The third kappa shape index (κ3) is 5.33. The predicted molar refractivity (Wildman–Crippen MR) is 107 cm³/mol. The Morgan fingerprint density at radius 1 is 1.36 bits per heavy atom. The maximum absolute atomic E-state index is 11.8. The first-order valence-electron chi connectivity index (χ1n) is 8.58. The SMILES string of the molecule is COC(=O)/C=C1/S/C(=N/C2=NCN(CCc3ccc(OC)cc3)CN2)NC1=O. The van der Waals surface area contributed by atoms with Gasteiger partial charge in [0, 0.05) is 12.6 Å². The highest BCUT2D eigenvalue weighted by Crippen LogP contribution is 2.23. The Morgan fingerprint density at radius 3 is 2.79 bits per heavy atom. The number of benzene rings is 1. The standard InChI is InChI=1S/C18H21N5O4S/c1-26-13-5-3-12(4-6-13)7-8-23-10-19-17(20-11-23)22-18-21-16(25)14(28-18)9-15(24)27-2/h3-6,9H,7-8,10-11H2,1-2H3,(H2,19,20,21,22,25)/b14-9+. The largest absolute Gasteiger partial charge is 0.497 e. The van der Waals surface area contributed by atoms with Gasteiger partial charge in [0.25, 0.3) is 5.91 Å². The molecule has 0 bridgehead atoms. The van der Waals surface area contributed by atoms with Gasteiger partial charge >= 0.3 is 5.97 Å². The van der Waals surface area contributed by atoms with Crippen LogP contribution >= 0.6 is 11.8 Å². The summed E-state index contributed by atoms with van der Waals surface area (Å²) in [6.45, 7) is 1.97. The van der Waals surface area contributed by atoms with Gasteiger partial charge in [0.15, 0.2) is 5.17 Å². The average molecular weight is 403 g/mol. The lowest BCUT2D eigenvalue weighted by Crippen LogP contribution is -2.43. The number of hydrogen-bond donors (Lipinski definition) is 2. The molecular weight excluding hydrogens is 382 g/mol. The molecule has 1 aromatic carbocycles. The van der Waals surface area contributed by atoms with Crippen LogP contribution in [-0.4, -0.2) is 62.0 Å². The summed E-state index contributed by atoms with van der Waals surface area (Å²) in [7, 11) is 2.91. The second-order valence-corrected chi connectivity index (χ2v) is 6.99. The predicted octanol–water partition coefficient (Wildman–Crippen LogP) is 0.690. The lowest BCUT2D eigenvalue weighted by Gasteiger charge is -2.25. The van der Waals surface area contributed by atoms with Crippen molar-refractivity contribution >= 4 is 34.8 Å². The van der Waals surface area contributed by atoms with Crippen LogP contribution in [-0.2, 0) is 20.7 Å². The molecule has 2 heterocycles. The Morgan fingerprint density at radius 2 is 2.14 bits per heavy atom. The number of nitrogens with one attached hydrogen (secondary N) is 2. The Labute approximate surface area is 166 Å². The van der Waals surface area contributed by atoms with Gasteiger partial charge in [-0.1, -0.05) is 12.1 Å². The van der Waals surface area contributed by atoms with E-state index in [1.807, 2.05) is 12.1 Å². The van der Waals surface area contributed by atoms with Crippen LogP contribution in [0.15, 0.2) is 45.2 Å². The molecule has 9 nitrogen and oxygen atoms in total. The van der Waals surface area contributed by atoms with E-state index >= 15 is 0 Å². The molecule has 1 aromatic rings. The van der Waals surface area contributed by atoms with Crippen molar-refractivity contribution in [3.63, 3.8) is 0 Å². The molecule has 2 N–H and O–H groups in total. The molecule has 2 aliphatic heterocycles. The van der Waals surface area contributed by atoms with E-state index in [4.69, 9.17) is 4.74 Å². The number of guanidine groups is 1. The maximum atomic E-state index is 11.8. The van der Waals surface area contributed by atoms with Gasteiger partial charge in [-0.05, 0) is 35.9 Å². The van der Waals surface area contributed by atoms with Crippen molar-refractivity contribution in [1.29, 1.82) is 0 Å². The molecule has 0 spiro atoms. The minimum Gasteiger partial charge on any atom is -0.497 e. The lowest BCUT2D eigenvalue weighted by atomic mass is 10.1. The van der Waals surface area contributed by atoms with E-state index in [9.17, 15) is 9.59 Å². The number of hydrogen-bond acceptors (Lipinski definition) is 9. The zero-order chi connectivity index (χ0) is 19.9. The molecule has 148 valence electrons. The van der Waals surface area contributed by atoms with E-state index in [-0.39, 0.29) is 10.8 Å². The van der Waals surface area contributed by atoms with Crippen LogP contribution < -0.4 is 15.4 Å². The van der Waals surface area contributed by atoms with E-state index in [1.165, 1.54) is 12.7 Å². The number of carbonyl (C=O) groups excluding carboxylic acids is 2. The van der Waals surface area contributed by atoms with E-state index in [1.54, 1.807) is 7.11 Å². The van der Waals surface area contributed by atoms with Gasteiger partial charge in [-0.2, -0.15) is 4.99 Å². The Kier molecular flexibility index (Phi) is 6.66. The minimum absolute atomic E-state index is 0.239. The summed E-state index contributed by atoms with van der Waals surface area (Å²) in [6, 6.07) is 8.01. The zero-order valence-corrected chi connectivity index (χ0v) is 16.4. The summed E-state index contributed by atoms with van der Waals surface area (Å²) in [6.07, 6.45) is 2.04. The van der Waals surface area contributed by atoms with Gasteiger partial charge in [0.1, 0.15) is 5.75 Å². The Hall–Kier alpha value is -2.85. The second kappa shape index (κ2) is 9.38. The summed E-state index contributed by atoms with van der Waals surface area (Å²) in [5.74, 6) is 0.326. The summed E-state index contributed by atoms with van der Waals surface area (Å²) in [4.78, 5) is 34.2. The summed E-state index contributed by atoms with van der Waals surface area (Å²) < 4.78 is 9.69. The fourth-order valence-corrected chi connectivity index (χ4v) is 3.29. The van der Waals surface area contributed by atoms with Crippen LogP contribution in [0.1, 0.15) is 5.56 Å². The Bertz CT molecular complexity index is 835. The Balaban J connectivity index is 1.51. The van der Waals surface area contributed by atoms with Crippen LogP contribution in [0.2, 0.25) is 0 Å². The van der Waals surface area contributed by atoms with Gasteiger partial charge < -0.3 is 20.1 Å². The van der Waals surface area contributed by atoms with Crippen molar-refractivity contribution in [3.05, 3.63) is 40.8 Å². The monoisotopic (exact) mass is 403 g/mol. The molecule has 0 radical (unpaired) electrons. The molecule has 10 heteroatoms. The molecule has 0 unspecified atom stereocenters. The lowest BCUT2D eigenvalue weighted by molar-refractivity contribution is -0.135. The fourth-order valence-electron chi connectivity index (χ4n) is 2.50. The number of ether oxygens (including phenoxy) is 2. The van der Waals surface area contributed by atoms with Crippen molar-refractivity contribution in [2.75, 3.05) is 34.1 Å². The van der Waals surface area contributed by atoms with Gasteiger partial charge in [-0.15, -0.1) is 0 Å². The van der Waals surface area contributed by atoms with E-state index in [0.717, 1.165) is 36.6 Å². The molecule has 3 rings (SSSR count). The van der Waals surface area contributed by atoms with Gasteiger partial charge in [0.05, 0.1) is 32.5 Å². The number of amides is 1. The van der Waals surface area contributed by atoms with Crippen LogP contribution in [0, 0.1) is 0 Å².